The molecule has 0 saturated carbocycles. The summed E-state index contributed by atoms with van der Waals surface area (Å²) in [6, 6.07) is 9.24. The minimum absolute atomic E-state index is 0.343. The second kappa shape index (κ2) is 8.07. The van der Waals surface area contributed by atoms with E-state index in [2.05, 4.69) is 58.6 Å². The van der Waals surface area contributed by atoms with E-state index in [-0.39, 0.29) is 0 Å². The molecule has 108 valence electrons. The molecule has 1 aromatic carbocycles. The predicted octanol–water partition coefficient (Wildman–Crippen LogP) is 3.20. The number of hydrogen-bond acceptors (Lipinski definition) is 4. The molecule has 0 fully saturated rings. The van der Waals surface area contributed by atoms with Gasteiger partial charge in [-0.05, 0) is 30.5 Å². The number of aromatic amines is 1. The highest BCUT2D eigenvalue weighted by Crippen LogP contribution is 2.22. The molecule has 0 saturated heterocycles. The lowest BCUT2D eigenvalue weighted by Gasteiger charge is -2.18. The molecule has 0 amide bonds. The van der Waals surface area contributed by atoms with Gasteiger partial charge in [0.15, 0.2) is 5.16 Å². The highest BCUT2D eigenvalue weighted by molar-refractivity contribution is 7.99. The lowest BCUT2D eigenvalue weighted by molar-refractivity contribution is 0.577. The van der Waals surface area contributed by atoms with Crippen molar-refractivity contribution < 1.29 is 0 Å². The maximum absolute atomic E-state index is 4.16. The van der Waals surface area contributed by atoms with Crippen molar-refractivity contribution in [3.8, 4) is 0 Å². The van der Waals surface area contributed by atoms with Gasteiger partial charge < -0.3 is 5.32 Å². The van der Waals surface area contributed by atoms with Crippen LogP contribution in [0.3, 0.4) is 0 Å². The predicted molar refractivity (Wildman–Crippen MR) is 84.0 cm³/mol. The van der Waals surface area contributed by atoms with Crippen molar-refractivity contribution in [3.05, 3.63) is 41.7 Å². The first kappa shape index (κ1) is 15.1. The van der Waals surface area contributed by atoms with Gasteiger partial charge in [-0.2, -0.15) is 5.10 Å². The van der Waals surface area contributed by atoms with Gasteiger partial charge in [-0.25, -0.2) is 4.98 Å². The van der Waals surface area contributed by atoms with Gasteiger partial charge in [0.25, 0.3) is 0 Å². The van der Waals surface area contributed by atoms with Crippen LogP contribution in [0.2, 0.25) is 0 Å². The second-order valence-corrected chi connectivity index (χ2v) is 5.71. The van der Waals surface area contributed by atoms with E-state index in [1.54, 1.807) is 18.1 Å². The Kier molecular flexibility index (Phi) is 6.08. The lowest BCUT2D eigenvalue weighted by atomic mass is 10.0. The van der Waals surface area contributed by atoms with E-state index in [1.807, 2.05) is 0 Å². The highest BCUT2D eigenvalue weighted by atomic mass is 32.2. The first-order valence-corrected chi connectivity index (χ1v) is 8.12. The minimum Gasteiger partial charge on any atom is -0.309 e. The van der Waals surface area contributed by atoms with Crippen LogP contribution in [-0.2, 0) is 6.42 Å². The van der Waals surface area contributed by atoms with Gasteiger partial charge in [-0.1, -0.05) is 49.9 Å². The highest BCUT2D eigenvalue weighted by Gasteiger charge is 2.12. The summed E-state index contributed by atoms with van der Waals surface area (Å²) in [5, 5.41) is 11.2. The van der Waals surface area contributed by atoms with Crippen molar-refractivity contribution in [2.45, 2.75) is 37.9 Å². The molecule has 2 aromatic rings. The van der Waals surface area contributed by atoms with Gasteiger partial charge >= 0.3 is 0 Å². The van der Waals surface area contributed by atoms with E-state index >= 15 is 0 Å². The lowest BCUT2D eigenvalue weighted by Crippen LogP contribution is -2.24. The normalized spacial score (nSPS) is 12.5. The van der Waals surface area contributed by atoms with E-state index in [1.165, 1.54) is 11.1 Å². The molecule has 2 rings (SSSR count). The van der Waals surface area contributed by atoms with Crippen LogP contribution in [0.25, 0.3) is 0 Å². The largest absolute Gasteiger partial charge is 0.309 e. The number of rotatable bonds is 8. The molecule has 5 heteroatoms. The zero-order valence-corrected chi connectivity index (χ0v) is 12.9. The molecule has 1 atom stereocenters. The van der Waals surface area contributed by atoms with E-state index in [9.17, 15) is 0 Å². The monoisotopic (exact) mass is 290 g/mol. The van der Waals surface area contributed by atoms with Crippen molar-refractivity contribution in [2.75, 3.05) is 12.3 Å². The molecule has 20 heavy (non-hydrogen) atoms. The molecule has 1 aromatic heterocycles. The third-order valence-corrected chi connectivity index (χ3v) is 4.18. The van der Waals surface area contributed by atoms with Crippen LogP contribution in [-0.4, -0.2) is 27.5 Å². The summed E-state index contributed by atoms with van der Waals surface area (Å²) >= 11 is 1.70. The van der Waals surface area contributed by atoms with Crippen LogP contribution in [0.1, 0.15) is 37.4 Å². The zero-order valence-electron chi connectivity index (χ0n) is 12.1. The van der Waals surface area contributed by atoms with Gasteiger partial charge in [0.2, 0.25) is 0 Å². The topological polar surface area (TPSA) is 53.6 Å². The number of nitrogens with one attached hydrogen (secondary N) is 2. The van der Waals surface area contributed by atoms with E-state index in [0.29, 0.717) is 6.04 Å². The molecule has 0 aliphatic rings. The summed E-state index contributed by atoms with van der Waals surface area (Å²) in [5.74, 6) is 0.945. The quantitative estimate of drug-likeness (QED) is 0.733. The van der Waals surface area contributed by atoms with Crippen LogP contribution in [0, 0.1) is 0 Å². The third-order valence-electron chi connectivity index (χ3n) is 3.21. The summed E-state index contributed by atoms with van der Waals surface area (Å²) in [5.41, 5.74) is 2.72. The standard InChI is InChI=1S/C15H22N4S/c1-3-9-16-14(10-20-15-17-11-18-19-15)13-7-5-12(4-2)6-8-13/h5-8,11,14,16H,3-4,9-10H2,1-2H3,(H,17,18,19). The smallest absolute Gasteiger partial charge is 0.183 e. The van der Waals surface area contributed by atoms with Crippen LogP contribution in [0.4, 0.5) is 0 Å². The molecule has 4 nitrogen and oxygen atoms in total. The maximum Gasteiger partial charge on any atom is 0.183 e. The maximum atomic E-state index is 4.16. The van der Waals surface area contributed by atoms with Gasteiger partial charge in [0.1, 0.15) is 6.33 Å². The number of hydrogen-bond donors (Lipinski definition) is 2. The first-order valence-electron chi connectivity index (χ1n) is 7.13. The Hall–Kier alpha value is -1.33. The average molecular weight is 290 g/mol. The van der Waals surface area contributed by atoms with Gasteiger partial charge in [0, 0.05) is 11.8 Å². The Balaban J connectivity index is 2.01. The van der Waals surface area contributed by atoms with E-state index < -0.39 is 0 Å². The van der Waals surface area contributed by atoms with Crippen molar-refractivity contribution in [1.29, 1.82) is 0 Å². The van der Waals surface area contributed by atoms with Crippen molar-refractivity contribution in [2.24, 2.45) is 0 Å². The molecular formula is C15H22N4S. The van der Waals surface area contributed by atoms with Crippen LogP contribution < -0.4 is 5.32 Å². The number of aryl methyl sites for hydroxylation is 1. The van der Waals surface area contributed by atoms with E-state index in [0.717, 1.165) is 30.3 Å². The fourth-order valence-electron chi connectivity index (χ4n) is 2.00. The fourth-order valence-corrected chi connectivity index (χ4v) is 2.88. The minimum atomic E-state index is 0.343. The van der Waals surface area contributed by atoms with Crippen LogP contribution in [0.15, 0.2) is 35.7 Å². The molecule has 0 aliphatic carbocycles. The summed E-state index contributed by atoms with van der Waals surface area (Å²) in [6.45, 7) is 5.40. The van der Waals surface area contributed by atoms with Crippen molar-refractivity contribution >= 4 is 11.8 Å². The molecule has 1 heterocycles. The van der Waals surface area contributed by atoms with Crippen molar-refractivity contribution in [1.82, 2.24) is 20.5 Å². The second-order valence-electron chi connectivity index (χ2n) is 4.70. The number of aromatic nitrogens is 3. The van der Waals surface area contributed by atoms with Gasteiger partial charge in [0.05, 0.1) is 0 Å². The fraction of sp³-hybridized carbons (Fsp3) is 0.467. The Bertz CT molecular complexity index is 481. The van der Waals surface area contributed by atoms with E-state index in [4.69, 9.17) is 0 Å². The summed E-state index contributed by atoms with van der Waals surface area (Å²) in [4.78, 5) is 4.16. The Morgan fingerprint density at radius 3 is 2.65 bits per heavy atom. The van der Waals surface area contributed by atoms with Crippen molar-refractivity contribution in [3.63, 3.8) is 0 Å². The van der Waals surface area contributed by atoms with Crippen LogP contribution in [0.5, 0.6) is 0 Å². The summed E-state index contributed by atoms with van der Waals surface area (Å²) < 4.78 is 0. The van der Waals surface area contributed by atoms with Gasteiger partial charge in [-0.15, -0.1) is 0 Å². The molecule has 1 unspecified atom stereocenters. The number of thioether (sulfide) groups is 1. The average Bonchev–Trinajstić information content (AvgIpc) is 3.01. The molecule has 0 radical (unpaired) electrons. The van der Waals surface area contributed by atoms with Gasteiger partial charge in [-0.3, -0.25) is 5.10 Å². The zero-order chi connectivity index (χ0) is 14.2. The Labute approximate surface area is 124 Å². The summed E-state index contributed by atoms with van der Waals surface area (Å²) in [6.07, 6.45) is 3.77. The number of H-pyrrole nitrogens is 1. The number of nitrogens with zero attached hydrogens (tertiary/aromatic N) is 2. The van der Waals surface area contributed by atoms with Crippen LogP contribution >= 0.6 is 11.8 Å². The third kappa shape index (κ3) is 4.35. The SMILES string of the molecule is CCCNC(CSc1ncn[nH]1)c1ccc(CC)cc1. The molecule has 0 spiro atoms. The molecular weight excluding hydrogens is 268 g/mol. The Morgan fingerprint density at radius 1 is 1.25 bits per heavy atom. The number of benzene rings is 1. The molecule has 0 aliphatic heterocycles. The first-order chi connectivity index (χ1) is 9.83. The molecule has 0 bridgehead atoms. The molecule has 2 N–H and O–H groups in total. The summed E-state index contributed by atoms with van der Waals surface area (Å²) in [7, 11) is 0. The Morgan fingerprint density at radius 2 is 2.05 bits per heavy atom.